The zero-order chi connectivity index (χ0) is 22.9. The molecule has 0 unspecified atom stereocenters. The van der Waals surface area contributed by atoms with Gasteiger partial charge in [-0.1, -0.05) is 47.6 Å². The molecule has 4 aromatic rings. The van der Waals surface area contributed by atoms with Crippen LogP contribution in [0, 0.1) is 0 Å². The molecule has 0 radical (unpaired) electrons. The summed E-state index contributed by atoms with van der Waals surface area (Å²) >= 11 is 0. The largest absolute Gasteiger partial charge is 0.453 e. The second-order valence-corrected chi connectivity index (χ2v) is 8.87. The molecule has 1 N–H and O–H groups in total. The van der Waals surface area contributed by atoms with Crippen LogP contribution in [0.5, 0.6) is 11.5 Å². The van der Waals surface area contributed by atoms with Gasteiger partial charge >= 0.3 is 5.76 Å². The van der Waals surface area contributed by atoms with Crippen LogP contribution in [0.4, 0.5) is 11.4 Å². The lowest BCUT2D eigenvalue weighted by Crippen LogP contribution is -2.44. The summed E-state index contributed by atoms with van der Waals surface area (Å²) in [6.07, 6.45) is 3.25. The smallest absolute Gasteiger partial charge is 0.439 e. The number of hydrogen-bond donors (Lipinski definition) is 1. The van der Waals surface area contributed by atoms with Gasteiger partial charge in [0, 0.05) is 31.2 Å². The topological polar surface area (TPSA) is 74.6 Å². The van der Waals surface area contributed by atoms with Crippen LogP contribution in [-0.4, -0.2) is 40.7 Å². The van der Waals surface area contributed by atoms with Gasteiger partial charge in [-0.2, -0.15) is 0 Å². The van der Waals surface area contributed by atoms with Crippen molar-refractivity contribution in [2.45, 2.75) is 25.3 Å². The minimum absolute atomic E-state index is 0.384. The average Bonchev–Trinajstić information content (AvgIpc) is 3.33. The summed E-state index contributed by atoms with van der Waals surface area (Å²) < 4.78 is 11.0. The molecule has 0 amide bonds. The Morgan fingerprint density at radius 1 is 0.912 bits per heavy atom. The summed E-state index contributed by atoms with van der Waals surface area (Å²) in [5, 5.41) is 3.82. The van der Waals surface area contributed by atoms with E-state index in [-0.39, 0.29) is 0 Å². The van der Waals surface area contributed by atoms with Gasteiger partial charge in [0.05, 0.1) is 11.4 Å². The zero-order valence-corrected chi connectivity index (χ0v) is 18.8. The van der Waals surface area contributed by atoms with E-state index in [1.807, 2.05) is 24.3 Å². The highest BCUT2D eigenvalue weighted by Gasteiger charge is 2.32. The SMILES string of the molecule is O=c1[nH]c(-c2ccc3c(c2)Oc2ccccc2N3C2CCN(CCc3ccccc3)CC2)no1. The number of benzene rings is 3. The molecule has 7 heteroatoms. The molecule has 0 spiro atoms. The first kappa shape index (κ1) is 20.7. The number of hydrogen-bond acceptors (Lipinski definition) is 6. The van der Waals surface area contributed by atoms with Gasteiger partial charge in [0.15, 0.2) is 17.3 Å². The predicted octanol–water partition coefficient (Wildman–Crippen LogP) is 4.98. The maximum Gasteiger partial charge on any atom is 0.439 e. The quantitative estimate of drug-likeness (QED) is 0.458. The molecule has 2 aliphatic rings. The Hall–Kier alpha value is -3.84. The molecule has 34 heavy (non-hydrogen) atoms. The summed E-state index contributed by atoms with van der Waals surface area (Å²) in [5.41, 5.74) is 4.28. The van der Waals surface area contributed by atoms with Gasteiger partial charge < -0.3 is 14.5 Å². The number of aromatic amines is 1. The second-order valence-electron chi connectivity index (χ2n) is 8.87. The van der Waals surface area contributed by atoms with Gasteiger partial charge in [0.1, 0.15) is 0 Å². The summed E-state index contributed by atoms with van der Waals surface area (Å²) in [4.78, 5) is 19.0. The fourth-order valence-corrected chi connectivity index (χ4v) is 5.01. The van der Waals surface area contributed by atoms with Crippen molar-refractivity contribution < 1.29 is 9.26 Å². The average molecular weight is 455 g/mol. The Morgan fingerprint density at radius 3 is 2.47 bits per heavy atom. The number of piperidine rings is 1. The van der Waals surface area contributed by atoms with Crippen molar-refractivity contribution in [3.05, 3.63) is 88.9 Å². The van der Waals surface area contributed by atoms with E-state index in [4.69, 9.17) is 4.74 Å². The third-order valence-electron chi connectivity index (χ3n) is 6.76. The maximum absolute atomic E-state index is 11.4. The number of fused-ring (bicyclic) bond motifs is 2. The van der Waals surface area contributed by atoms with Crippen molar-refractivity contribution in [1.82, 2.24) is 15.0 Å². The Labute approximate surface area is 197 Å². The van der Waals surface area contributed by atoms with E-state index in [0.29, 0.717) is 11.9 Å². The standard InChI is InChI=1S/C27H26N4O3/c32-27-28-26(29-34-27)20-10-11-23-25(18-20)33-24-9-5-4-8-22(24)31(23)21-13-16-30(17-14-21)15-12-19-6-2-1-3-7-19/h1-11,18,21H,12-17H2,(H,28,29,32). The molecule has 0 atom stereocenters. The van der Waals surface area contributed by atoms with Crippen LogP contribution in [0.1, 0.15) is 18.4 Å². The van der Waals surface area contributed by atoms with Gasteiger partial charge in [-0.05, 0) is 55.2 Å². The fourth-order valence-electron chi connectivity index (χ4n) is 5.01. The van der Waals surface area contributed by atoms with Gasteiger partial charge in [-0.3, -0.25) is 9.51 Å². The lowest BCUT2D eigenvalue weighted by atomic mass is 9.99. The van der Waals surface area contributed by atoms with Crippen LogP contribution in [0.15, 0.2) is 82.1 Å². The number of para-hydroxylation sites is 2. The van der Waals surface area contributed by atoms with Crippen LogP contribution in [0.2, 0.25) is 0 Å². The van der Waals surface area contributed by atoms with E-state index in [1.54, 1.807) is 0 Å². The molecule has 7 nitrogen and oxygen atoms in total. The minimum atomic E-state index is -0.570. The van der Waals surface area contributed by atoms with Crippen molar-refractivity contribution >= 4 is 11.4 Å². The molecule has 0 saturated carbocycles. The number of nitrogens with zero attached hydrogens (tertiary/aromatic N) is 3. The predicted molar refractivity (Wildman–Crippen MR) is 131 cm³/mol. The number of anilines is 2. The number of nitrogens with one attached hydrogen (secondary N) is 1. The number of aromatic nitrogens is 2. The van der Waals surface area contributed by atoms with Gasteiger partial charge in [0.25, 0.3) is 0 Å². The monoisotopic (exact) mass is 454 g/mol. The fraction of sp³-hybridized carbons (Fsp3) is 0.259. The Balaban J connectivity index is 1.23. The van der Waals surface area contributed by atoms with Gasteiger partial charge in [0.2, 0.25) is 0 Å². The number of likely N-dealkylation sites (tertiary alicyclic amines) is 1. The first-order chi connectivity index (χ1) is 16.7. The highest BCUT2D eigenvalue weighted by Crippen LogP contribution is 2.49. The lowest BCUT2D eigenvalue weighted by molar-refractivity contribution is 0.214. The molecule has 172 valence electrons. The molecule has 0 bridgehead atoms. The maximum atomic E-state index is 11.4. The van der Waals surface area contributed by atoms with E-state index < -0.39 is 5.76 Å². The van der Waals surface area contributed by atoms with Crippen molar-refractivity contribution in [2.24, 2.45) is 0 Å². The normalized spacial score (nSPS) is 16.1. The molecule has 1 aromatic heterocycles. The summed E-state index contributed by atoms with van der Waals surface area (Å²) in [7, 11) is 0. The molecule has 0 aliphatic carbocycles. The zero-order valence-electron chi connectivity index (χ0n) is 18.8. The molecule has 1 saturated heterocycles. The van der Waals surface area contributed by atoms with E-state index in [2.05, 4.69) is 73.0 Å². The van der Waals surface area contributed by atoms with E-state index >= 15 is 0 Å². The Kier molecular flexibility index (Phi) is 5.39. The molecule has 3 aromatic carbocycles. The molecular formula is C27H26N4O3. The molecule has 3 heterocycles. The minimum Gasteiger partial charge on any atom is -0.453 e. The number of rotatable bonds is 5. The van der Waals surface area contributed by atoms with Crippen LogP contribution in [-0.2, 0) is 6.42 Å². The van der Waals surface area contributed by atoms with Crippen molar-refractivity contribution in [3.63, 3.8) is 0 Å². The van der Waals surface area contributed by atoms with Crippen LogP contribution >= 0.6 is 0 Å². The van der Waals surface area contributed by atoms with E-state index in [1.165, 1.54) is 5.56 Å². The Morgan fingerprint density at radius 2 is 1.68 bits per heavy atom. The van der Waals surface area contributed by atoms with E-state index in [9.17, 15) is 4.79 Å². The second kappa shape index (κ2) is 8.83. The van der Waals surface area contributed by atoms with Crippen LogP contribution in [0.25, 0.3) is 11.4 Å². The summed E-state index contributed by atoms with van der Waals surface area (Å²) in [6, 6.07) is 25.2. The third kappa shape index (κ3) is 3.99. The van der Waals surface area contributed by atoms with Crippen LogP contribution < -0.4 is 15.4 Å². The summed E-state index contributed by atoms with van der Waals surface area (Å²) in [6.45, 7) is 3.24. The van der Waals surface area contributed by atoms with Crippen LogP contribution in [0.3, 0.4) is 0 Å². The number of ether oxygens (including phenoxy) is 1. The highest BCUT2D eigenvalue weighted by molar-refractivity contribution is 5.80. The summed E-state index contributed by atoms with van der Waals surface area (Å²) in [5.74, 6) is 1.42. The van der Waals surface area contributed by atoms with Gasteiger partial charge in [-0.15, -0.1) is 0 Å². The van der Waals surface area contributed by atoms with Crippen molar-refractivity contribution in [3.8, 4) is 22.9 Å². The Bertz CT molecular complexity index is 1340. The highest BCUT2D eigenvalue weighted by atomic mass is 16.5. The van der Waals surface area contributed by atoms with E-state index in [0.717, 1.165) is 67.3 Å². The van der Waals surface area contributed by atoms with Gasteiger partial charge in [-0.25, -0.2) is 4.79 Å². The first-order valence-electron chi connectivity index (χ1n) is 11.8. The molecule has 2 aliphatic heterocycles. The molecular weight excluding hydrogens is 428 g/mol. The third-order valence-corrected chi connectivity index (χ3v) is 6.76. The molecule has 6 rings (SSSR count). The lowest BCUT2D eigenvalue weighted by Gasteiger charge is -2.42. The molecule has 1 fully saturated rings. The van der Waals surface area contributed by atoms with Crippen molar-refractivity contribution in [2.75, 3.05) is 24.5 Å². The number of H-pyrrole nitrogens is 1. The van der Waals surface area contributed by atoms with Crippen molar-refractivity contribution in [1.29, 1.82) is 0 Å². The first-order valence-corrected chi connectivity index (χ1v) is 11.8.